The molecule has 0 atom stereocenters. The summed E-state index contributed by atoms with van der Waals surface area (Å²) in [6.45, 7) is 5.61. The van der Waals surface area contributed by atoms with E-state index in [9.17, 15) is 0 Å². The molecule has 0 saturated carbocycles. The molecule has 0 amide bonds. The van der Waals surface area contributed by atoms with Gasteiger partial charge in [0.05, 0.1) is 33.0 Å². The van der Waals surface area contributed by atoms with Crippen molar-refractivity contribution in [2.75, 3.05) is 40.1 Å². The topological polar surface area (TPSA) is 27.7 Å². The molecule has 3 heteroatoms. The van der Waals surface area contributed by atoms with Crippen LogP contribution < -0.4 is 0 Å². The van der Waals surface area contributed by atoms with Crippen molar-refractivity contribution in [1.82, 2.24) is 0 Å². The zero-order valence-electron chi connectivity index (χ0n) is 11.0. The van der Waals surface area contributed by atoms with Crippen LogP contribution in [-0.4, -0.2) is 40.1 Å². The fourth-order valence-electron chi connectivity index (χ4n) is 1.66. The summed E-state index contributed by atoms with van der Waals surface area (Å²) in [5.41, 5.74) is 2.97. The first-order valence-electron chi connectivity index (χ1n) is 6.32. The minimum atomic E-state index is 0.648. The van der Waals surface area contributed by atoms with Gasteiger partial charge in [0.2, 0.25) is 0 Å². The van der Waals surface area contributed by atoms with Crippen molar-refractivity contribution in [1.29, 1.82) is 0 Å². The molecule has 0 saturated heterocycles. The Balaban J connectivity index is 1.91. The second-order valence-corrected chi connectivity index (χ2v) is 4.31. The smallest absolute Gasteiger partial charge is 0.0701 e. The summed E-state index contributed by atoms with van der Waals surface area (Å²) in [6, 6.07) is 0. The Morgan fingerprint density at radius 2 is 1.65 bits per heavy atom. The molecule has 1 aliphatic rings. The van der Waals surface area contributed by atoms with Crippen molar-refractivity contribution in [3.05, 3.63) is 23.3 Å². The lowest BCUT2D eigenvalue weighted by Crippen LogP contribution is -2.09. The van der Waals surface area contributed by atoms with Gasteiger partial charge >= 0.3 is 0 Å². The second-order valence-electron chi connectivity index (χ2n) is 4.31. The third-order valence-electron chi connectivity index (χ3n) is 2.82. The molecule has 0 aromatic rings. The molecular weight excluding hydrogens is 216 g/mol. The van der Waals surface area contributed by atoms with Crippen LogP contribution in [0.1, 0.15) is 26.2 Å². The SMILES string of the molecule is COCCOCCOCCC1=CC=C(C)CC1. The summed E-state index contributed by atoms with van der Waals surface area (Å²) in [6.07, 6.45) is 7.88. The third-order valence-corrected chi connectivity index (χ3v) is 2.82. The highest BCUT2D eigenvalue weighted by Crippen LogP contribution is 2.19. The van der Waals surface area contributed by atoms with E-state index in [1.54, 1.807) is 7.11 Å². The molecule has 0 fully saturated rings. The number of hydrogen-bond acceptors (Lipinski definition) is 3. The Hall–Kier alpha value is -0.640. The van der Waals surface area contributed by atoms with Crippen LogP contribution in [-0.2, 0) is 14.2 Å². The van der Waals surface area contributed by atoms with Crippen molar-refractivity contribution in [3.63, 3.8) is 0 Å². The maximum Gasteiger partial charge on any atom is 0.0701 e. The van der Waals surface area contributed by atoms with Crippen LogP contribution in [0.15, 0.2) is 23.3 Å². The first-order chi connectivity index (χ1) is 8.33. The lowest BCUT2D eigenvalue weighted by Gasteiger charge is -2.12. The Morgan fingerprint density at radius 1 is 0.941 bits per heavy atom. The van der Waals surface area contributed by atoms with Crippen molar-refractivity contribution in [2.45, 2.75) is 26.2 Å². The van der Waals surface area contributed by atoms with E-state index in [0.29, 0.717) is 26.4 Å². The first-order valence-corrected chi connectivity index (χ1v) is 6.32. The van der Waals surface area contributed by atoms with E-state index >= 15 is 0 Å². The lowest BCUT2D eigenvalue weighted by molar-refractivity contribution is 0.0255. The third kappa shape index (κ3) is 7.31. The maximum absolute atomic E-state index is 5.52. The van der Waals surface area contributed by atoms with Crippen LogP contribution in [0.5, 0.6) is 0 Å². The minimum Gasteiger partial charge on any atom is -0.382 e. The van der Waals surface area contributed by atoms with Crippen LogP contribution >= 0.6 is 0 Å². The van der Waals surface area contributed by atoms with Gasteiger partial charge in [0.1, 0.15) is 0 Å². The highest BCUT2D eigenvalue weighted by molar-refractivity contribution is 5.22. The average molecular weight is 240 g/mol. The summed E-state index contributed by atoms with van der Waals surface area (Å²) < 4.78 is 15.7. The molecule has 0 spiro atoms. The fraction of sp³-hybridized carbons (Fsp3) is 0.714. The number of methoxy groups -OCH3 is 1. The first kappa shape index (κ1) is 14.4. The van der Waals surface area contributed by atoms with E-state index in [1.807, 2.05) is 0 Å². The summed E-state index contributed by atoms with van der Waals surface area (Å²) >= 11 is 0. The van der Waals surface area contributed by atoms with E-state index in [0.717, 1.165) is 13.0 Å². The molecule has 1 rings (SSSR count). The number of rotatable bonds is 9. The molecule has 0 N–H and O–H groups in total. The highest BCUT2D eigenvalue weighted by atomic mass is 16.5. The summed E-state index contributed by atoms with van der Waals surface area (Å²) in [7, 11) is 1.67. The second kappa shape index (κ2) is 9.40. The Kier molecular flexibility index (Phi) is 7.97. The van der Waals surface area contributed by atoms with Crippen LogP contribution in [0, 0.1) is 0 Å². The number of allylic oxidation sites excluding steroid dienone is 3. The van der Waals surface area contributed by atoms with Gasteiger partial charge in [-0.3, -0.25) is 0 Å². The summed E-state index contributed by atoms with van der Waals surface area (Å²) in [5, 5.41) is 0. The van der Waals surface area contributed by atoms with Gasteiger partial charge in [-0.25, -0.2) is 0 Å². The van der Waals surface area contributed by atoms with Gasteiger partial charge in [0.15, 0.2) is 0 Å². The van der Waals surface area contributed by atoms with E-state index < -0.39 is 0 Å². The monoisotopic (exact) mass is 240 g/mol. The van der Waals surface area contributed by atoms with E-state index in [1.165, 1.54) is 24.0 Å². The molecule has 0 bridgehead atoms. The molecule has 0 unspecified atom stereocenters. The Labute approximate surface area is 104 Å². The van der Waals surface area contributed by atoms with Crippen molar-refractivity contribution in [2.24, 2.45) is 0 Å². The van der Waals surface area contributed by atoms with Crippen molar-refractivity contribution in [3.8, 4) is 0 Å². The predicted molar refractivity (Wildman–Crippen MR) is 69.2 cm³/mol. The molecule has 1 aliphatic carbocycles. The zero-order valence-corrected chi connectivity index (χ0v) is 11.0. The van der Waals surface area contributed by atoms with Crippen LogP contribution in [0.2, 0.25) is 0 Å². The number of ether oxygens (including phenoxy) is 3. The normalized spacial score (nSPS) is 15.6. The van der Waals surface area contributed by atoms with Gasteiger partial charge in [-0.1, -0.05) is 23.3 Å². The standard InChI is InChI=1S/C14H24O3/c1-13-3-5-14(6-4-13)7-8-16-11-12-17-10-9-15-2/h3,5H,4,6-12H2,1-2H3. The van der Waals surface area contributed by atoms with Gasteiger partial charge in [-0.05, 0) is 26.2 Å². The minimum absolute atomic E-state index is 0.648. The predicted octanol–water partition coefficient (Wildman–Crippen LogP) is 2.72. The average Bonchev–Trinajstić information content (AvgIpc) is 2.35. The molecule has 0 radical (unpaired) electrons. The van der Waals surface area contributed by atoms with E-state index in [2.05, 4.69) is 19.1 Å². The Morgan fingerprint density at radius 3 is 2.29 bits per heavy atom. The van der Waals surface area contributed by atoms with E-state index in [-0.39, 0.29) is 0 Å². The summed E-state index contributed by atoms with van der Waals surface area (Å²) in [4.78, 5) is 0. The summed E-state index contributed by atoms with van der Waals surface area (Å²) in [5.74, 6) is 0. The largest absolute Gasteiger partial charge is 0.382 e. The fourth-order valence-corrected chi connectivity index (χ4v) is 1.66. The maximum atomic E-state index is 5.52. The zero-order chi connectivity index (χ0) is 12.3. The van der Waals surface area contributed by atoms with Crippen LogP contribution in [0.4, 0.5) is 0 Å². The molecule has 0 aliphatic heterocycles. The molecule has 0 heterocycles. The quantitative estimate of drug-likeness (QED) is 0.580. The highest BCUT2D eigenvalue weighted by Gasteiger charge is 2.02. The Bertz CT molecular complexity index is 256. The van der Waals surface area contributed by atoms with Gasteiger partial charge in [0.25, 0.3) is 0 Å². The van der Waals surface area contributed by atoms with Gasteiger partial charge in [0, 0.05) is 7.11 Å². The number of hydrogen-bond donors (Lipinski definition) is 0. The van der Waals surface area contributed by atoms with Gasteiger partial charge < -0.3 is 14.2 Å². The van der Waals surface area contributed by atoms with Crippen LogP contribution in [0.3, 0.4) is 0 Å². The molecule has 0 aromatic heterocycles. The van der Waals surface area contributed by atoms with Gasteiger partial charge in [-0.2, -0.15) is 0 Å². The molecular formula is C14H24O3. The molecule has 0 aromatic carbocycles. The van der Waals surface area contributed by atoms with Crippen molar-refractivity contribution >= 4 is 0 Å². The van der Waals surface area contributed by atoms with Gasteiger partial charge in [-0.15, -0.1) is 0 Å². The molecule has 17 heavy (non-hydrogen) atoms. The lowest BCUT2D eigenvalue weighted by atomic mass is 9.98. The van der Waals surface area contributed by atoms with Crippen molar-refractivity contribution < 1.29 is 14.2 Å². The van der Waals surface area contributed by atoms with Crippen LogP contribution in [0.25, 0.3) is 0 Å². The molecule has 3 nitrogen and oxygen atoms in total. The van der Waals surface area contributed by atoms with E-state index in [4.69, 9.17) is 14.2 Å². The molecule has 98 valence electrons.